The molecule has 0 fully saturated rings. The Balaban J connectivity index is 3.62. The predicted octanol–water partition coefficient (Wildman–Crippen LogP) is 2.19. The van der Waals surface area contributed by atoms with Crippen molar-refractivity contribution in [3.63, 3.8) is 0 Å². The van der Waals surface area contributed by atoms with Crippen LogP contribution in [0.2, 0.25) is 0 Å². The third-order valence-electron chi connectivity index (χ3n) is 2.03. The van der Waals surface area contributed by atoms with Gasteiger partial charge in [0.1, 0.15) is 0 Å². The Morgan fingerprint density at radius 3 is 2.46 bits per heavy atom. The molecule has 0 rings (SSSR count). The summed E-state index contributed by atoms with van der Waals surface area (Å²) in [5, 5.41) is 0. The first-order valence-electron chi connectivity index (χ1n) is 5.02. The van der Waals surface area contributed by atoms with E-state index < -0.39 is 5.72 Å². The SMILES string of the molecule is CCCCCC(=O)O[C@](C)(N)CC. The second-order valence-electron chi connectivity index (χ2n) is 3.60. The smallest absolute Gasteiger partial charge is 0.307 e. The van der Waals surface area contributed by atoms with E-state index in [1.807, 2.05) is 6.92 Å². The Labute approximate surface area is 80.6 Å². The fraction of sp³-hybridized carbons (Fsp3) is 0.900. The molecule has 0 saturated carbocycles. The van der Waals surface area contributed by atoms with Crippen molar-refractivity contribution in [3.8, 4) is 0 Å². The van der Waals surface area contributed by atoms with E-state index in [0.29, 0.717) is 12.8 Å². The molecule has 0 spiro atoms. The van der Waals surface area contributed by atoms with Crippen molar-refractivity contribution >= 4 is 5.97 Å². The van der Waals surface area contributed by atoms with Crippen molar-refractivity contribution < 1.29 is 9.53 Å². The van der Waals surface area contributed by atoms with E-state index in [0.717, 1.165) is 19.3 Å². The van der Waals surface area contributed by atoms with Crippen LogP contribution in [0.1, 0.15) is 52.9 Å². The normalized spacial score (nSPS) is 15.1. The first-order chi connectivity index (χ1) is 6.02. The molecule has 0 aromatic heterocycles. The highest BCUT2D eigenvalue weighted by Crippen LogP contribution is 2.09. The van der Waals surface area contributed by atoms with Gasteiger partial charge in [0.05, 0.1) is 0 Å². The minimum atomic E-state index is -0.788. The van der Waals surface area contributed by atoms with Crippen LogP contribution in [0.25, 0.3) is 0 Å². The minimum absolute atomic E-state index is 0.180. The number of esters is 1. The number of unbranched alkanes of at least 4 members (excludes halogenated alkanes) is 2. The van der Waals surface area contributed by atoms with Crippen molar-refractivity contribution in [2.24, 2.45) is 5.73 Å². The van der Waals surface area contributed by atoms with Crippen LogP contribution in [0.4, 0.5) is 0 Å². The lowest BCUT2D eigenvalue weighted by Gasteiger charge is -2.22. The highest BCUT2D eigenvalue weighted by molar-refractivity contribution is 5.69. The summed E-state index contributed by atoms with van der Waals surface area (Å²) >= 11 is 0. The van der Waals surface area contributed by atoms with Crippen molar-refractivity contribution in [1.82, 2.24) is 0 Å². The van der Waals surface area contributed by atoms with Crippen molar-refractivity contribution in [1.29, 1.82) is 0 Å². The molecule has 2 N–H and O–H groups in total. The number of hydrogen-bond donors (Lipinski definition) is 1. The highest BCUT2D eigenvalue weighted by atomic mass is 16.6. The molecule has 0 aliphatic heterocycles. The first kappa shape index (κ1) is 12.4. The number of rotatable bonds is 6. The van der Waals surface area contributed by atoms with E-state index in [-0.39, 0.29) is 5.97 Å². The van der Waals surface area contributed by atoms with Crippen LogP contribution in [-0.2, 0) is 9.53 Å². The molecule has 0 aromatic rings. The van der Waals surface area contributed by atoms with Gasteiger partial charge in [-0.3, -0.25) is 10.5 Å². The molecule has 3 heteroatoms. The van der Waals surface area contributed by atoms with E-state index in [1.165, 1.54) is 0 Å². The van der Waals surface area contributed by atoms with Gasteiger partial charge in [0, 0.05) is 6.42 Å². The van der Waals surface area contributed by atoms with Gasteiger partial charge in [-0.25, -0.2) is 0 Å². The molecule has 78 valence electrons. The summed E-state index contributed by atoms with van der Waals surface area (Å²) < 4.78 is 5.07. The lowest BCUT2D eigenvalue weighted by Crippen LogP contribution is -2.40. The second kappa shape index (κ2) is 5.97. The highest BCUT2D eigenvalue weighted by Gasteiger charge is 2.20. The molecule has 0 saturated heterocycles. The van der Waals surface area contributed by atoms with Crippen molar-refractivity contribution in [2.75, 3.05) is 0 Å². The number of nitrogens with two attached hydrogens (primary N) is 1. The summed E-state index contributed by atoms with van der Waals surface area (Å²) in [6.07, 6.45) is 4.21. The number of hydrogen-bond acceptors (Lipinski definition) is 3. The summed E-state index contributed by atoms with van der Waals surface area (Å²) in [6, 6.07) is 0. The molecule has 0 aliphatic rings. The van der Waals surface area contributed by atoms with E-state index in [4.69, 9.17) is 10.5 Å². The summed E-state index contributed by atoms with van der Waals surface area (Å²) in [5.74, 6) is -0.180. The maximum absolute atomic E-state index is 11.2. The first-order valence-corrected chi connectivity index (χ1v) is 5.02. The van der Waals surface area contributed by atoms with Crippen LogP contribution in [0.3, 0.4) is 0 Å². The Morgan fingerprint density at radius 1 is 1.38 bits per heavy atom. The van der Waals surface area contributed by atoms with Gasteiger partial charge in [-0.05, 0) is 19.8 Å². The van der Waals surface area contributed by atoms with Crippen LogP contribution in [0.15, 0.2) is 0 Å². The monoisotopic (exact) mass is 187 g/mol. The molecular weight excluding hydrogens is 166 g/mol. The average molecular weight is 187 g/mol. The standard InChI is InChI=1S/C10H21NO2/c1-4-6-7-8-9(12)13-10(3,11)5-2/h4-8,11H2,1-3H3/t10-/m0/s1. The quantitative estimate of drug-likeness (QED) is 0.394. The maximum Gasteiger partial charge on any atom is 0.307 e. The molecule has 0 aliphatic carbocycles. The lowest BCUT2D eigenvalue weighted by atomic mass is 10.2. The van der Waals surface area contributed by atoms with Crippen molar-refractivity contribution in [3.05, 3.63) is 0 Å². The fourth-order valence-corrected chi connectivity index (χ4v) is 0.903. The van der Waals surface area contributed by atoms with Gasteiger partial charge in [0.15, 0.2) is 5.72 Å². The van der Waals surface area contributed by atoms with Crippen LogP contribution in [-0.4, -0.2) is 11.7 Å². The maximum atomic E-state index is 11.2. The molecular formula is C10H21NO2. The molecule has 0 aromatic carbocycles. The second-order valence-corrected chi connectivity index (χ2v) is 3.60. The van der Waals surface area contributed by atoms with E-state index in [2.05, 4.69) is 6.92 Å². The summed E-state index contributed by atoms with van der Waals surface area (Å²) in [7, 11) is 0. The van der Waals surface area contributed by atoms with Crippen LogP contribution in [0.5, 0.6) is 0 Å². The summed E-state index contributed by atoms with van der Waals surface area (Å²) in [4.78, 5) is 11.2. The van der Waals surface area contributed by atoms with Gasteiger partial charge in [0.2, 0.25) is 0 Å². The van der Waals surface area contributed by atoms with Gasteiger partial charge < -0.3 is 4.74 Å². The van der Waals surface area contributed by atoms with E-state index in [1.54, 1.807) is 6.92 Å². The Hall–Kier alpha value is -0.570. The Kier molecular flexibility index (Phi) is 5.71. The van der Waals surface area contributed by atoms with Crippen molar-refractivity contribution in [2.45, 2.75) is 58.6 Å². The van der Waals surface area contributed by atoms with Crippen LogP contribution < -0.4 is 5.73 Å². The van der Waals surface area contributed by atoms with E-state index >= 15 is 0 Å². The van der Waals surface area contributed by atoms with Gasteiger partial charge >= 0.3 is 5.97 Å². The predicted molar refractivity (Wildman–Crippen MR) is 53.1 cm³/mol. The Morgan fingerprint density at radius 2 is 2.00 bits per heavy atom. The van der Waals surface area contributed by atoms with Gasteiger partial charge in [-0.1, -0.05) is 26.7 Å². The molecule has 13 heavy (non-hydrogen) atoms. The molecule has 0 bridgehead atoms. The fourth-order valence-electron chi connectivity index (χ4n) is 0.903. The molecule has 0 amide bonds. The van der Waals surface area contributed by atoms with E-state index in [9.17, 15) is 4.79 Å². The largest absolute Gasteiger partial charge is 0.444 e. The van der Waals surface area contributed by atoms with Gasteiger partial charge in [-0.2, -0.15) is 0 Å². The topological polar surface area (TPSA) is 52.3 Å². The molecule has 1 atom stereocenters. The molecule has 0 radical (unpaired) electrons. The molecule has 0 heterocycles. The van der Waals surface area contributed by atoms with Crippen LogP contribution in [0, 0.1) is 0 Å². The summed E-state index contributed by atoms with van der Waals surface area (Å²) in [6.45, 7) is 5.73. The minimum Gasteiger partial charge on any atom is -0.444 e. The van der Waals surface area contributed by atoms with Gasteiger partial charge in [-0.15, -0.1) is 0 Å². The zero-order valence-corrected chi connectivity index (χ0v) is 8.93. The molecule has 3 nitrogen and oxygen atoms in total. The average Bonchev–Trinajstić information content (AvgIpc) is 2.04. The summed E-state index contributed by atoms with van der Waals surface area (Å²) in [5.41, 5.74) is 4.89. The lowest BCUT2D eigenvalue weighted by molar-refractivity contribution is -0.158. The number of ether oxygens (including phenoxy) is 1. The zero-order chi connectivity index (χ0) is 10.3. The molecule has 0 unspecified atom stereocenters. The van der Waals surface area contributed by atoms with Gasteiger partial charge in [0.25, 0.3) is 0 Å². The number of carbonyl (C=O) groups excluding carboxylic acids is 1. The number of carbonyl (C=O) groups is 1. The third-order valence-corrected chi connectivity index (χ3v) is 2.03. The third kappa shape index (κ3) is 6.58. The van der Waals surface area contributed by atoms with Crippen LogP contribution >= 0.6 is 0 Å². The zero-order valence-electron chi connectivity index (χ0n) is 8.93. The Bertz CT molecular complexity index is 155.